The molecule has 0 radical (unpaired) electrons. The Hall–Kier alpha value is -1.12. The average Bonchev–Trinajstić information content (AvgIpc) is 2.18. The largest absolute Gasteiger partial charge is 0.368 e. The minimum atomic E-state index is 0.454. The molecule has 1 aromatic rings. The SMILES string of the molecule is CCC(C)Nc1cc(C(C)C)ncn1. The fraction of sp³-hybridized carbons (Fsp3) is 0.636. The summed E-state index contributed by atoms with van der Waals surface area (Å²) in [4.78, 5) is 8.41. The quantitative estimate of drug-likeness (QED) is 0.799. The molecule has 1 unspecified atom stereocenters. The van der Waals surface area contributed by atoms with Crippen molar-refractivity contribution in [3.05, 3.63) is 18.1 Å². The van der Waals surface area contributed by atoms with E-state index in [9.17, 15) is 0 Å². The Morgan fingerprint density at radius 2 is 2.00 bits per heavy atom. The van der Waals surface area contributed by atoms with Crippen LogP contribution in [0.2, 0.25) is 0 Å². The van der Waals surface area contributed by atoms with Crippen LogP contribution in [0.25, 0.3) is 0 Å². The lowest BCUT2D eigenvalue weighted by Crippen LogP contribution is -2.14. The third-order valence-corrected chi connectivity index (χ3v) is 2.29. The van der Waals surface area contributed by atoms with Gasteiger partial charge >= 0.3 is 0 Å². The van der Waals surface area contributed by atoms with Crippen LogP contribution in [0.3, 0.4) is 0 Å². The number of hydrogen-bond donors (Lipinski definition) is 1. The van der Waals surface area contributed by atoms with Crippen molar-refractivity contribution in [1.82, 2.24) is 9.97 Å². The molecular weight excluding hydrogens is 174 g/mol. The maximum atomic E-state index is 4.22. The molecule has 0 fully saturated rings. The molecule has 0 aliphatic heterocycles. The Kier molecular flexibility index (Phi) is 3.86. The second kappa shape index (κ2) is 4.94. The smallest absolute Gasteiger partial charge is 0.129 e. The number of nitrogens with zero attached hydrogens (tertiary/aromatic N) is 2. The van der Waals surface area contributed by atoms with Crippen LogP contribution in [-0.4, -0.2) is 16.0 Å². The van der Waals surface area contributed by atoms with Crippen molar-refractivity contribution >= 4 is 5.82 Å². The third kappa shape index (κ3) is 2.98. The number of aromatic nitrogens is 2. The van der Waals surface area contributed by atoms with Crippen LogP contribution in [0.1, 0.15) is 45.7 Å². The summed E-state index contributed by atoms with van der Waals surface area (Å²) in [5.74, 6) is 1.38. The summed E-state index contributed by atoms with van der Waals surface area (Å²) in [5.41, 5.74) is 1.09. The summed E-state index contributed by atoms with van der Waals surface area (Å²) >= 11 is 0. The van der Waals surface area contributed by atoms with Crippen LogP contribution in [0, 0.1) is 0 Å². The lowest BCUT2D eigenvalue weighted by atomic mass is 10.1. The van der Waals surface area contributed by atoms with Crippen molar-refractivity contribution in [2.24, 2.45) is 0 Å². The number of hydrogen-bond acceptors (Lipinski definition) is 3. The Morgan fingerprint density at radius 3 is 2.57 bits per heavy atom. The molecule has 0 aromatic carbocycles. The van der Waals surface area contributed by atoms with Crippen LogP contribution in [0.5, 0.6) is 0 Å². The van der Waals surface area contributed by atoms with Gasteiger partial charge in [-0.2, -0.15) is 0 Å². The molecule has 3 heteroatoms. The van der Waals surface area contributed by atoms with Crippen LogP contribution >= 0.6 is 0 Å². The number of nitrogens with one attached hydrogen (secondary N) is 1. The van der Waals surface area contributed by atoms with E-state index in [1.807, 2.05) is 6.07 Å². The molecule has 0 aliphatic rings. The highest BCUT2D eigenvalue weighted by molar-refractivity contribution is 5.36. The summed E-state index contributed by atoms with van der Waals surface area (Å²) in [6, 6.07) is 2.49. The summed E-state index contributed by atoms with van der Waals surface area (Å²) in [7, 11) is 0. The molecule has 1 aromatic heterocycles. The van der Waals surface area contributed by atoms with Crippen molar-refractivity contribution in [2.75, 3.05) is 5.32 Å². The first-order valence-electron chi connectivity index (χ1n) is 5.22. The van der Waals surface area contributed by atoms with E-state index in [-0.39, 0.29) is 0 Å². The van der Waals surface area contributed by atoms with E-state index in [2.05, 4.69) is 43.0 Å². The van der Waals surface area contributed by atoms with Crippen molar-refractivity contribution in [3.63, 3.8) is 0 Å². The second-order valence-electron chi connectivity index (χ2n) is 3.94. The van der Waals surface area contributed by atoms with Crippen LogP contribution in [0.4, 0.5) is 5.82 Å². The minimum absolute atomic E-state index is 0.454. The zero-order valence-electron chi connectivity index (χ0n) is 9.41. The second-order valence-corrected chi connectivity index (χ2v) is 3.94. The van der Waals surface area contributed by atoms with Gasteiger partial charge in [0.25, 0.3) is 0 Å². The first-order chi connectivity index (χ1) is 6.63. The van der Waals surface area contributed by atoms with Crippen molar-refractivity contribution in [1.29, 1.82) is 0 Å². The van der Waals surface area contributed by atoms with Gasteiger partial charge in [0.1, 0.15) is 12.1 Å². The molecule has 0 saturated carbocycles. The summed E-state index contributed by atoms with van der Waals surface area (Å²) in [6.07, 6.45) is 2.72. The zero-order chi connectivity index (χ0) is 10.6. The maximum Gasteiger partial charge on any atom is 0.129 e. The molecule has 0 saturated heterocycles. The van der Waals surface area contributed by atoms with Gasteiger partial charge in [-0.25, -0.2) is 9.97 Å². The van der Waals surface area contributed by atoms with E-state index in [1.54, 1.807) is 6.33 Å². The highest BCUT2D eigenvalue weighted by Gasteiger charge is 2.04. The summed E-state index contributed by atoms with van der Waals surface area (Å²) in [5, 5.41) is 3.34. The highest BCUT2D eigenvalue weighted by atomic mass is 15.0. The topological polar surface area (TPSA) is 37.8 Å². The molecule has 0 amide bonds. The Bertz CT molecular complexity index is 284. The zero-order valence-corrected chi connectivity index (χ0v) is 9.41. The van der Waals surface area contributed by atoms with Gasteiger partial charge in [-0.05, 0) is 19.3 Å². The normalized spacial score (nSPS) is 12.9. The lowest BCUT2D eigenvalue weighted by Gasteiger charge is -2.13. The van der Waals surface area contributed by atoms with E-state index in [1.165, 1.54) is 0 Å². The predicted molar refractivity (Wildman–Crippen MR) is 59.5 cm³/mol. The van der Waals surface area contributed by atoms with Crippen molar-refractivity contribution < 1.29 is 0 Å². The van der Waals surface area contributed by atoms with E-state index < -0.39 is 0 Å². The monoisotopic (exact) mass is 193 g/mol. The average molecular weight is 193 g/mol. The van der Waals surface area contributed by atoms with Gasteiger partial charge in [-0.3, -0.25) is 0 Å². The van der Waals surface area contributed by atoms with E-state index in [0.29, 0.717) is 12.0 Å². The third-order valence-electron chi connectivity index (χ3n) is 2.29. The molecular formula is C11H19N3. The van der Waals surface area contributed by atoms with Gasteiger partial charge in [0.05, 0.1) is 0 Å². The molecule has 1 heterocycles. The molecule has 0 spiro atoms. The molecule has 78 valence electrons. The molecule has 0 aliphatic carbocycles. The summed E-state index contributed by atoms with van der Waals surface area (Å²) < 4.78 is 0. The molecule has 3 nitrogen and oxygen atoms in total. The molecule has 0 bridgehead atoms. The fourth-order valence-corrected chi connectivity index (χ4v) is 1.12. The van der Waals surface area contributed by atoms with Gasteiger partial charge in [0, 0.05) is 17.8 Å². The first kappa shape index (κ1) is 11.0. The first-order valence-corrected chi connectivity index (χ1v) is 5.22. The van der Waals surface area contributed by atoms with Gasteiger partial charge in [0.2, 0.25) is 0 Å². The van der Waals surface area contributed by atoms with E-state index in [0.717, 1.165) is 17.9 Å². The minimum Gasteiger partial charge on any atom is -0.368 e. The van der Waals surface area contributed by atoms with Crippen molar-refractivity contribution in [3.8, 4) is 0 Å². The molecule has 1 atom stereocenters. The standard InChI is InChI=1S/C11H19N3/c1-5-9(4)14-11-6-10(8(2)3)12-7-13-11/h6-9H,5H2,1-4H3,(H,12,13,14). The fourth-order valence-electron chi connectivity index (χ4n) is 1.12. The maximum absolute atomic E-state index is 4.22. The Morgan fingerprint density at radius 1 is 1.29 bits per heavy atom. The molecule has 1 N–H and O–H groups in total. The van der Waals surface area contributed by atoms with E-state index >= 15 is 0 Å². The van der Waals surface area contributed by atoms with Crippen molar-refractivity contribution in [2.45, 2.75) is 46.1 Å². The van der Waals surface area contributed by atoms with Crippen LogP contribution < -0.4 is 5.32 Å². The predicted octanol–water partition coefficient (Wildman–Crippen LogP) is 2.81. The molecule has 14 heavy (non-hydrogen) atoms. The lowest BCUT2D eigenvalue weighted by molar-refractivity contribution is 0.753. The Balaban J connectivity index is 2.73. The number of rotatable bonds is 4. The number of anilines is 1. The highest BCUT2D eigenvalue weighted by Crippen LogP contribution is 2.14. The van der Waals surface area contributed by atoms with Gasteiger partial charge in [-0.1, -0.05) is 20.8 Å². The van der Waals surface area contributed by atoms with Crippen LogP contribution in [0.15, 0.2) is 12.4 Å². The van der Waals surface area contributed by atoms with Crippen LogP contribution in [-0.2, 0) is 0 Å². The van der Waals surface area contributed by atoms with Gasteiger partial charge in [-0.15, -0.1) is 0 Å². The van der Waals surface area contributed by atoms with Gasteiger partial charge < -0.3 is 5.32 Å². The molecule has 1 rings (SSSR count). The Labute approximate surface area is 86.0 Å². The van der Waals surface area contributed by atoms with Gasteiger partial charge in [0.15, 0.2) is 0 Å². The summed E-state index contributed by atoms with van der Waals surface area (Å²) in [6.45, 7) is 8.57. The van der Waals surface area contributed by atoms with E-state index in [4.69, 9.17) is 0 Å².